The molecule has 2 N–H and O–H groups in total. The molecule has 0 spiro atoms. The number of rotatable bonds is 2. The van der Waals surface area contributed by atoms with Crippen LogP contribution in [0.5, 0.6) is 0 Å². The molecule has 1 saturated heterocycles. The predicted octanol–water partition coefficient (Wildman–Crippen LogP) is 2.78. The lowest BCUT2D eigenvalue weighted by Crippen LogP contribution is -2.25. The number of nitrogens with zero attached hydrogens (tertiary/aromatic N) is 3. The summed E-state index contributed by atoms with van der Waals surface area (Å²) in [5.41, 5.74) is 8.21. The monoisotopic (exact) mass is 260 g/mol. The van der Waals surface area contributed by atoms with Crippen molar-refractivity contribution >= 4 is 22.4 Å². The molecular weight excluding hydrogens is 244 g/mol. The van der Waals surface area contributed by atoms with Gasteiger partial charge in [-0.25, -0.2) is 0 Å². The van der Waals surface area contributed by atoms with Gasteiger partial charge in [-0.1, -0.05) is 0 Å². The third kappa shape index (κ3) is 1.84. The standard InChI is InChI=1S/C13H16N4S/c1-9-3-2-8-17(9)13-11(12(14)16-18-13)10-4-6-15-7-5-10/h4-7,9H,2-3,8H2,1H3,(H2,14,16). The van der Waals surface area contributed by atoms with Crippen molar-refractivity contribution in [3.8, 4) is 11.1 Å². The van der Waals surface area contributed by atoms with Gasteiger partial charge in [0.1, 0.15) is 10.8 Å². The van der Waals surface area contributed by atoms with Gasteiger partial charge in [-0.05, 0) is 49.0 Å². The number of hydrogen-bond acceptors (Lipinski definition) is 5. The Labute approximate surface area is 111 Å². The summed E-state index contributed by atoms with van der Waals surface area (Å²) in [5.74, 6) is 0.625. The molecule has 0 aliphatic carbocycles. The van der Waals surface area contributed by atoms with Gasteiger partial charge >= 0.3 is 0 Å². The van der Waals surface area contributed by atoms with E-state index >= 15 is 0 Å². The SMILES string of the molecule is CC1CCCN1c1snc(N)c1-c1ccncc1. The molecule has 3 heterocycles. The second-order valence-corrected chi connectivity index (χ2v) is 5.42. The van der Waals surface area contributed by atoms with E-state index in [2.05, 4.69) is 21.2 Å². The van der Waals surface area contributed by atoms with Gasteiger partial charge in [-0.2, -0.15) is 4.37 Å². The minimum atomic E-state index is 0.574. The average molecular weight is 260 g/mol. The van der Waals surface area contributed by atoms with Crippen LogP contribution in [0.2, 0.25) is 0 Å². The Morgan fingerprint density at radius 1 is 1.39 bits per heavy atom. The number of nitrogens with two attached hydrogens (primary N) is 1. The lowest BCUT2D eigenvalue weighted by molar-refractivity contribution is 0.739. The van der Waals surface area contributed by atoms with Crippen LogP contribution < -0.4 is 10.6 Å². The lowest BCUT2D eigenvalue weighted by Gasteiger charge is -2.22. The highest BCUT2D eigenvalue weighted by Gasteiger charge is 2.26. The van der Waals surface area contributed by atoms with Crippen LogP contribution in [0.1, 0.15) is 19.8 Å². The molecular formula is C13H16N4S. The first kappa shape index (κ1) is 11.5. The second-order valence-electron chi connectivity index (χ2n) is 4.67. The van der Waals surface area contributed by atoms with Crippen LogP contribution in [0.25, 0.3) is 11.1 Å². The maximum atomic E-state index is 6.04. The van der Waals surface area contributed by atoms with Crippen molar-refractivity contribution in [3.63, 3.8) is 0 Å². The van der Waals surface area contributed by atoms with Crippen molar-refractivity contribution in [1.82, 2.24) is 9.36 Å². The molecule has 0 bridgehead atoms. The van der Waals surface area contributed by atoms with Gasteiger partial charge in [-0.15, -0.1) is 0 Å². The maximum Gasteiger partial charge on any atom is 0.147 e. The molecule has 0 aromatic carbocycles. The highest BCUT2D eigenvalue weighted by Crippen LogP contribution is 2.41. The molecule has 94 valence electrons. The molecule has 18 heavy (non-hydrogen) atoms. The fraction of sp³-hybridized carbons (Fsp3) is 0.385. The Morgan fingerprint density at radius 3 is 2.83 bits per heavy atom. The van der Waals surface area contributed by atoms with E-state index in [-0.39, 0.29) is 0 Å². The summed E-state index contributed by atoms with van der Waals surface area (Å²) in [5, 5.41) is 1.20. The smallest absolute Gasteiger partial charge is 0.147 e. The second kappa shape index (κ2) is 4.57. The summed E-state index contributed by atoms with van der Waals surface area (Å²) >= 11 is 1.50. The van der Waals surface area contributed by atoms with Crippen molar-refractivity contribution in [1.29, 1.82) is 0 Å². The van der Waals surface area contributed by atoms with Gasteiger partial charge < -0.3 is 10.6 Å². The van der Waals surface area contributed by atoms with E-state index in [4.69, 9.17) is 5.73 Å². The summed E-state index contributed by atoms with van der Waals surface area (Å²) in [7, 11) is 0. The summed E-state index contributed by atoms with van der Waals surface area (Å²) in [6, 6.07) is 4.56. The molecule has 1 aliphatic heterocycles. The van der Waals surface area contributed by atoms with Crippen LogP contribution in [-0.2, 0) is 0 Å². The van der Waals surface area contributed by atoms with Crippen LogP contribution in [0.3, 0.4) is 0 Å². The Bertz CT molecular complexity index is 537. The fourth-order valence-electron chi connectivity index (χ4n) is 2.51. The normalized spacial score (nSPS) is 19.4. The number of pyridine rings is 1. The molecule has 2 aromatic heterocycles. The predicted molar refractivity (Wildman–Crippen MR) is 75.8 cm³/mol. The molecule has 5 heteroatoms. The molecule has 3 rings (SSSR count). The molecule has 1 unspecified atom stereocenters. The van der Waals surface area contributed by atoms with Gasteiger partial charge in [0.2, 0.25) is 0 Å². The largest absolute Gasteiger partial charge is 0.382 e. The fourth-order valence-corrected chi connectivity index (χ4v) is 3.48. The Hall–Kier alpha value is -1.62. The zero-order valence-corrected chi connectivity index (χ0v) is 11.2. The Kier molecular flexibility index (Phi) is 2.91. The van der Waals surface area contributed by atoms with Crippen molar-refractivity contribution in [2.24, 2.45) is 0 Å². The minimum absolute atomic E-state index is 0.574. The maximum absolute atomic E-state index is 6.04. The summed E-state index contributed by atoms with van der Waals surface area (Å²) in [6.07, 6.45) is 6.08. The van der Waals surface area contributed by atoms with E-state index < -0.39 is 0 Å². The van der Waals surface area contributed by atoms with Crippen LogP contribution in [-0.4, -0.2) is 21.9 Å². The van der Waals surface area contributed by atoms with Crippen molar-refractivity contribution in [2.45, 2.75) is 25.8 Å². The summed E-state index contributed by atoms with van der Waals surface area (Å²) in [6.45, 7) is 3.36. The lowest BCUT2D eigenvalue weighted by atomic mass is 10.1. The van der Waals surface area contributed by atoms with Crippen molar-refractivity contribution in [2.75, 3.05) is 17.2 Å². The first-order chi connectivity index (χ1) is 8.77. The summed E-state index contributed by atoms with van der Waals surface area (Å²) in [4.78, 5) is 6.48. The Balaban J connectivity index is 2.07. The first-order valence-electron chi connectivity index (χ1n) is 6.19. The first-order valence-corrected chi connectivity index (χ1v) is 6.97. The summed E-state index contributed by atoms with van der Waals surface area (Å²) < 4.78 is 4.33. The van der Waals surface area contributed by atoms with Crippen molar-refractivity contribution in [3.05, 3.63) is 24.5 Å². The zero-order valence-electron chi connectivity index (χ0n) is 10.3. The number of nitrogen functional groups attached to an aromatic ring is 1. The van der Waals surface area contributed by atoms with E-state index in [0.29, 0.717) is 11.9 Å². The quantitative estimate of drug-likeness (QED) is 0.902. The highest BCUT2D eigenvalue weighted by atomic mass is 32.1. The molecule has 0 amide bonds. The van der Waals surface area contributed by atoms with Crippen LogP contribution in [0.4, 0.5) is 10.8 Å². The molecule has 1 aliphatic rings. The van der Waals surface area contributed by atoms with Crippen LogP contribution in [0, 0.1) is 0 Å². The van der Waals surface area contributed by atoms with Gasteiger partial charge in [0.25, 0.3) is 0 Å². The van der Waals surface area contributed by atoms with E-state index in [1.54, 1.807) is 12.4 Å². The number of anilines is 2. The highest BCUT2D eigenvalue weighted by molar-refractivity contribution is 7.11. The van der Waals surface area contributed by atoms with Gasteiger partial charge in [0.15, 0.2) is 0 Å². The van der Waals surface area contributed by atoms with E-state index in [1.165, 1.54) is 29.4 Å². The molecule has 4 nitrogen and oxygen atoms in total. The Morgan fingerprint density at radius 2 is 2.17 bits per heavy atom. The van der Waals surface area contributed by atoms with Crippen molar-refractivity contribution < 1.29 is 0 Å². The van der Waals surface area contributed by atoms with E-state index in [1.807, 2.05) is 12.1 Å². The van der Waals surface area contributed by atoms with Crippen LogP contribution >= 0.6 is 11.5 Å². The molecule has 1 fully saturated rings. The molecule has 0 saturated carbocycles. The molecule has 1 atom stereocenters. The number of aromatic nitrogens is 2. The third-order valence-corrected chi connectivity index (χ3v) is 4.38. The van der Waals surface area contributed by atoms with Crippen LogP contribution in [0.15, 0.2) is 24.5 Å². The van der Waals surface area contributed by atoms with Gasteiger partial charge in [0, 0.05) is 25.0 Å². The van der Waals surface area contributed by atoms with Gasteiger partial charge in [0.05, 0.1) is 5.56 Å². The average Bonchev–Trinajstić information content (AvgIpc) is 2.96. The zero-order chi connectivity index (χ0) is 12.5. The minimum Gasteiger partial charge on any atom is -0.382 e. The van der Waals surface area contributed by atoms with E-state index in [0.717, 1.165) is 17.7 Å². The molecule has 0 radical (unpaired) electrons. The molecule has 2 aromatic rings. The van der Waals surface area contributed by atoms with E-state index in [9.17, 15) is 0 Å². The van der Waals surface area contributed by atoms with Gasteiger partial charge in [-0.3, -0.25) is 4.98 Å². The third-order valence-electron chi connectivity index (χ3n) is 3.48. The number of hydrogen-bond donors (Lipinski definition) is 1. The topological polar surface area (TPSA) is 55.0 Å².